The van der Waals surface area contributed by atoms with Crippen LogP contribution in [0.1, 0.15) is 49.4 Å². The number of unbranched alkanes of at least 4 members (excludes halogenated alkanes) is 1. The summed E-state index contributed by atoms with van der Waals surface area (Å²) in [6.07, 6.45) is 2.81. The molecule has 3 amide bonds. The van der Waals surface area contributed by atoms with E-state index >= 15 is 0 Å². The van der Waals surface area contributed by atoms with E-state index in [1.807, 2.05) is 6.92 Å². The van der Waals surface area contributed by atoms with E-state index in [2.05, 4.69) is 21.5 Å². The van der Waals surface area contributed by atoms with Crippen LogP contribution in [0.15, 0.2) is 42.5 Å². The Morgan fingerprint density at radius 1 is 0.941 bits per heavy atom. The molecule has 34 heavy (non-hydrogen) atoms. The smallest absolute Gasteiger partial charge is 0.269 e. The molecule has 0 aliphatic rings. The molecule has 0 heterocycles. The molecule has 0 aliphatic carbocycles. The van der Waals surface area contributed by atoms with Gasteiger partial charge < -0.3 is 15.4 Å². The van der Waals surface area contributed by atoms with Crippen molar-refractivity contribution in [2.45, 2.75) is 39.0 Å². The molecule has 2 aromatic rings. The van der Waals surface area contributed by atoms with Gasteiger partial charge in [0.25, 0.3) is 5.91 Å². The van der Waals surface area contributed by atoms with Gasteiger partial charge >= 0.3 is 0 Å². The number of nitrogens with one attached hydrogen (secondary N) is 4. The average molecular weight is 525 g/mol. The summed E-state index contributed by atoms with van der Waals surface area (Å²) in [6, 6.07) is 11.3. The minimum absolute atomic E-state index is 0.0418. The summed E-state index contributed by atoms with van der Waals surface area (Å²) < 4.78 is 5.52. The molecule has 0 saturated heterocycles. The van der Waals surface area contributed by atoms with E-state index in [1.165, 1.54) is 0 Å². The number of ether oxygens (including phenoxy) is 1. The maximum absolute atomic E-state index is 12.2. The summed E-state index contributed by atoms with van der Waals surface area (Å²) in [5.41, 5.74) is 5.85. The van der Waals surface area contributed by atoms with Gasteiger partial charge in [-0.1, -0.05) is 36.5 Å². The minimum Gasteiger partial charge on any atom is -0.492 e. The third kappa shape index (κ3) is 9.94. The number of benzene rings is 2. The van der Waals surface area contributed by atoms with Gasteiger partial charge in [0, 0.05) is 29.1 Å². The lowest BCUT2D eigenvalue weighted by Gasteiger charge is -2.12. The van der Waals surface area contributed by atoms with E-state index in [-0.39, 0.29) is 30.0 Å². The quantitative estimate of drug-likeness (QED) is 0.205. The molecule has 0 atom stereocenters. The topological polar surface area (TPSA) is 109 Å². The number of thiocarbonyl (C=S) groups is 1. The van der Waals surface area contributed by atoms with Crippen molar-refractivity contribution in [2.75, 3.05) is 11.9 Å². The van der Waals surface area contributed by atoms with Crippen LogP contribution in [0.3, 0.4) is 0 Å². The van der Waals surface area contributed by atoms with Gasteiger partial charge in [0.1, 0.15) is 5.75 Å². The van der Waals surface area contributed by atoms with Gasteiger partial charge in [0.15, 0.2) is 5.11 Å². The van der Waals surface area contributed by atoms with Crippen LogP contribution in [-0.2, 0) is 9.59 Å². The zero-order chi connectivity index (χ0) is 24.9. The highest BCUT2D eigenvalue weighted by Gasteiger charge is 2.09. The Kier molecular flexibility index (Phi) is 11.6. The van der Waals surface area contributed by atoms with Crippen molar-refractivity contribution < 1.29 is 19.1 Å². The first-order chi connectivity index (χ1) is 16.3. The van der Waals surface area contributed by atoms with Gasteiger partial charge in [-0.05, 0) is 67.5 Å². The molecular formula is C23H26Cl2N4O4S. The summed E-state index contributed by atoms with van der Waals surface area (Å²) in [5.74, 6) is -0.366. The van der Waals surface area contributed by atoms with Crippen LogP contribution in [0, 0.1) is 0 Å². The Balaban J connectivity index is 1.66. The number of hydrazine groups is 1. The van der Waals surface area contributed by atoms with Crippen molar-refractivity contribution in [1.29, 1.82) is 0 Å². The number of anilines is 1. The van der Waals surface area contributed by atoms with E-state index in [0.29, 0.717) is 39.9 Å². The summed E-state index contributed by atoms with van der Waals surface area (Å²) in [7, 11) is 0. The fourth-order valence-corrected chi connectivity index (χ4v) is 3.31. The molecule has 0 aliphatic heterocycles. The second kappa shape index (κ2) is 14.4. The van der Waals surface area contributed by atoms with E-state index in [9.17, 15) is 14.4 Å². The summed E-state index contributed by atoms with van der Waals surface area (Å²) in [6.45, 7) is 2.29. The van der Waals surface area contributed by atoms with E-state index in [0.717, 1.165) is 12.8 Å². The molecule has 4 N–H and O–H groups in total. The maximum Gasteiger partial charge on any atom is 0.269 e. The van der Waals surface area contributed by atoms with Crippen molar-refractivity contribution in [3.05, 3.63) is 58.1 Å². The average Bonchev–Trinajstić information content (AvgIpc) is 2.80. The Bertz CT molecular complexity index is 1020. The summed E-state index contributed by atoms with van der Waals surface area (Å²) in [4.78, 5) is 36.0. The van der Waals surface area contributed by atoms with Crippen LogP contribution in [0.2, 0.25) is 10.0 Å². The number of carbonyl (C=O) groups excluding carboxylic acids is 3. The Morgan fingerprint density at radius 3 is 2.32 bits per heavy atom. The minimum atomic E-state index is -0.450. The first kappa shape index (κ1) is 27.4. The molecule has 11 heteroatoms. The SMILES string of the molecule is CCCCC(=O)Nc1ccc(C(=O)NNC(=S)NC(=O)CCCOc2ccc(Cl)cc2Cl)cc1. The molecule has 0 saturated carbocycles. The standard InChI is InChI=1S/C23H26Cl2N4O4S/c1-2-3-5-20(30)26-17-10-7-15(8-11-17)22(32)28-29-23(34)27-21(31)6-4-13-33-19-12-9-16(24)14-18(19)25/h7-12,14H,2-6,13H2,1H3,(H,26,30)(H,28,32)(H2,27,29,31,34). The molecule has 182 valence electrons. The van der Waals surface area contributed by atoms with Crippen LogP contribution >= 0.6 is 35.4 Å². The molecule has 8 nitrogen and oxygen atoms in total. The van der Waals surface area contributed by atoms with Crippen molar-refractivity contribution in [1.82, 2.24) is 16.2 Å². The van der Waals surface area contributed by atoms with Crippen molar-refractivity contribution in [3.63, 3.8) is 0 Å². The first-order valence-electron chi connectivity index (χ1n) is 10.7. The lowest BCUT2D eigenvalue weighted by atomic mass is 10.2. The van der Waals surface area contributed by atoms with Crippen molar-refractivity contribution in [3.8, 4) is 5.75 Å². The second-order valence-corrected chi connectivity index (χ2v) is 8.46. The summed E-state index contributed by atoms with van der Waals surface area (Å²) >= 11 is 16.9. The number of hydrogen-bond donors (Lipinski definition) is 4. The normalized spacial score (nSPS) is 10.2. The van der Waals surface area contributed by atoms with Crippen molar-refractivity contribution in [2.24, 2.45) is 0 Å². The third-order valence-corrected chi connectivity index (χ3v) is 5.17. The zero-order valence-corrected chi connectivity index (χ0v) is 20.9. The molecule has 0 radical (unpaired) electrons. The van der Waals surface area contributed by atoms with Crippen LogP contribution in [0.4, 0.5) is 5.69 Å². The largest absolute Gasteiger partial charge is 0.492 e. The van der Waals surface area contributed by atoms with E-state index < -0.39 is 5.91 Å². The molecule has 0 bridgehead atoms. The molecule has 2 rings (SSSR count). The summed E-state index contributed by atoms with van der Waals surface area (Å²) in [5, 5.41) is 6.10. The molecule has 0 spiro atoms. The van der Waals surface area contributed by atoms with Gasteiger partial charge in [0.2, 0.25) is 11.8 Å². The number of hydrogen-bond acceptors (Lipinski definition) is 5. The predicted molar refractivity (Wildman–Crippen MR) is 137 cm³/mol. The molecule has 0 unspecified atom stereocenters. The molecule has 2 aromatic carbocycles. The monoisotopic (exact) mass is 524 g/mol. The Morgan fingerprint density at radius 2 is 1.65 bits per heavy atom. The molecular weight excluding hydrogens is 499 g/mol. The van der Waals surface area contributed by atoms with Gasteiger partial charge in [-0.3, -0.25) is 25.2 Å². The van der Waals surface area contributed by atoms with Gasteiger partial charge in [0.05, 0.1) is 11.6 Å². The predicted octanol–water partition coefficient (Wildman–Crippen LogP) is 4.62. The number of halogens is 2. The second-order valence-electron chi connectivity index (χ2n) is 7.21. The van der Waals surface area contributed by atoms with Gasteiger partial charge in [-0.25, -0.2) is 0 Å². The van der Waals surface area contributed by atoms with Crippen LogP contribution < -0.4 is 26.2 Å². The highest BCUT2D eigenvalue weighted by atomic mass is 35.5. The fraction of sp³-hybridized carbons (Fsp3) is 0.304. The van der Waals surface area contributed by atoms with Crippen LogP contribution in [-0.4, -0.2) is 29.4 Å². The number of amides is 3. The zero-order valence-electron chi connectivity index (χ0n) is 18.6. The molecule has 0 aromatic heterocycles. The Labute approximate surface area is 213 Å². The molecule has 0 fully saturated rings. The van der Waals surface area contributed by atoms with E-state index in [1.54, 1.807) is 42.5 Å². The fourth-order valence-electron chi connectivity index (χ4n) is 2.68. The number of rotatable bonds is 10. The van der Waals surface area contributed by atoms with Crippen molar-refractivity contribution >= 4 is 63.9 Å². The van der Waals surface area contributed by atoms with Gasteiger partial charge in [-0.2, -0.15) is 0 Å². The maximum atomic E-state index is 12.2. The number of carbonyl (C=O) groups is 3. The van der Waals surface area contributed by atoms with E-state index in [4.69, 9.17) is 40.2 Å². The lowest BCUT2D eigenvalue weighted by molar-refractivity contribution is -0.120. The first-order valence-corrected chi connectivity index (χ1v) is 11.8. The Hall–Kier alpha value is -2.88. The highest BCUT2D eigenvalue weighted by Crippen LogP contribution is 2.27. The van der Waals surface area contributed by atoms with Gasteiger partial charge in [-0.15, -0.1) is 0 Å². The third-order valence-electron chi connectivity index (χ3n) is 4.43. The van der Waals surface area contributed by atoms with Crippen LogP contribution in [0.5, 0.6) is 5.75 Å². The lowest BCUT2D eigenvalue weighted by Crippen LogP contribution is -2.48. The highest BCUT2D eigenvalue weighted by molar-refractivity contribution is 7.80. The van der Waals surface area contributed by atoms with Crippen LogP contribution in [0.25, 0.3) is 0 Å².